The van der Waals surface area contributed by atoms with Gasteiger partial charge in [-0.1, -0.05) is 132 Å². The van der Waals surface area contributed by atoms with Gasteiger partial charge in [-0.3, -0.25) is 0 Å². The molecule has 0 atom stereocenters. The number of carbonyl (C=O) groups is 2. The number of hydrogen-bond acceptors (Lipinski definition) is 10. The standard InChI is InChI=1S/C58H68N4O6/c1-55(2,3)41-17-31-13-35-21-43(57(7,8)9)23-37(51(35)67-53(65)39-25-45(59)29-46(60)26-39)15-33-19-42(56(4,5)6)20-34(50(33)64)16-38-24-44(58(10,11)12)22-36(14-32(18-41)49(31)63)52(38)68-54(66)40-27-47(61)30-48(62)28-40/h17-30,63-64H,13-16,59-62H2,1-12H3. The molecule has 0 unspecified atom stereocenters. The normalized spacial score (nSPS) is 13.2. The number of rotatable bonds is 4. The molecule has 10 nitrogen and oxygen atoms in total. The summed E-state index contributed by atoms with van der Waals surface area (Å²) in [4.78, 5) is 28.6. The Morgan fingerprint density at radius 3 is 0.779 bits per heavy atom. The van der Waals surface area contributed by atoms with E-state index in [9.17, 15) is 19.8 Å². The Bertz CT molecular complexity index is 2650. The Hall–Kier alpha value is -6.94. The highest BCUT2D eigenvalue weighted by Gasteiger charge is 2.30. The lowest BCUT2D eigenvalue weighted by molar-refractivity contribution is 0.0722. The molecule has 0 aromatic heterocycles. The number of anilines is 4. The molecule has 0 spiro atoms. The topological polar surface area (TPSA) is 197 Å². The molecule has 0 saturated heterocycles. The number of nitrogens with two attached hydrogens (primary N) is 4. The fourth-order valence-electron chi connectivity index (χ4n) is 8.80. The first-order chi connectivity index (χ1) is 31.4. The minimum Gasteiger partial charge on any atom is -0.507 e. The maximum absolute atomic E-state index is 14.3. The first-order valence-corrected chi connectivity index (χ1v) is 23.2. The predicted molar refractivity (Wildman–Crippen MR) is 276 cm³/mol. The molecular weight excluding hydrogens is 849 g/mol. The molecule has 1 aliphatic rings. The van der Waals surface area contributed by atoms with Gasteiger partial charge in [0.25, 0.3) is 0 Å². The molecule has 10 heteroatoms. The number of benzene rings is 6. The number of phenols is 2. The van der Waals surface area contributed by atoms with E-state index in [0.717, 1.165) is 22.3 Å². The quantitative estimate of drug-likeness (QED) is 0.0561. The number of nitrogen functional groups attached to an aromatic ring is 4. The van der Waals surface area contributed by atoms with Crippen LogP contribution < -0.4 is 32.4 Å². The summed E-state index contributed by atoms with van der Waals surface area (Å²) in [6.45, 7) is 25.5. The third-order valence-electron chi connectivity index (χ3n) is 12.8. The number of ether oxygens (including phenoxy) is 2. The summed E-state index contributed by atoms with van der Waals surface area (Å²) in [6.07, 6.45) is 0.693. The Balaban J connectivity index is 1.58. The van der Waals surface area contributed by atoms with Gasteiger partial charge < -0.3 is 42.6 Å². The summed E-state index contributed by atoms with van der Waals surface area (Å²) in [5, 5.41) is 25.3. The summed E-state index contributed by atoms with van der Waals surface area (Å²) >= 11 is 0. The van der Waals surface area contributed by atoms with Gasteiger partial charge in [0.1, 0.15) is 23.0 Å². The SMILES string of the molecule is CC(C)(C)c1cc2c(O)c(c1)Cc1cc(C(C)(C)C)cc(c1OC(=O)c1cc(N)cc(N)c1)Cc1cc(C(C)(C)C)cc(c1O)Cc1cc(C(C)(C)C)cc(c1OC(=O)c1cc(N)cc(N)c1)C2. The van der Waals surface area contributed by atoms with Crippen LogP contribution in [0.1, 0.15) is 171 Å². The fraction of sp³-hybridized carbons (Fsp3) is 0.345. The predicted octanol–water partition coefficient (Wildman–Crippen LogP) is 11.7. The van der Waals surface area contributed by atoms with Crippen molar-refractivity contribution in [3.05, 3.63) is 163 Å². The van der Waals surface area contributed by atoms with Crippen LogP contribution in [0.25, 0.3) is 0 Å². The molecule has 1 aliphatic carbocycles. The second kappa shape index (κ2) is 17.6. The van der Waals surface area contributed by atoms with Crippen LogP contribution in [0.5, 0.6) is 23.0 Å². The second-order valence-electron chi connectivity index (χ2n) is 22.8. The molecule has 68 heavy (non-hydrogen) atoms. The maximum atomic E-state index is 14.3. The molecule has 6 aromatic carbocycles. The van der Waals surface area contributed by atoms with E-state index in [0.29, 0.717) is 78.8 Å². The van der Waals surface area contributed by atoms with Crippen molar-refractivity contribution < 1.29 is 29.3 Å². The van der Waals surface area contributed by atoms with Crippen molar-refractivity contribution in [3.63, 3.8) is 0 Å². The lowest BCUT2D eigenvalue weighted by Gasteiger charge is -2.28. The Morgan fingerprint density at radius 1 is 0.368 bits per heavy atom. The van der Waals surface area contributed by atoms with E-state index in [1.165, 1.54) is 24.3 Å². The monoisotopic (exact) mass is 917 g/mol. The lowest BCUT2D eigenvalue weighted by atomic mass is 9.79. The van der Waals surface area contributed by atoms with Crippen LogP contribution in [0.4, 0.5) is 22.7 Å². The first-order valence-electron chi connectivity index (χ1n) is 23.2. The molecule has 0 radical (unpaired) electrons. The van der Waals surface area contributed by atoms with E-state index in [2.05, 4.69) is 83.1 Å². The summed E-state index contributed by atoms with van der Waals surface area (Å²) in [7, 11) is 0. The molecular formula is C58H68N4O6. The van der Waals surface area contributed by atoms with E-state index in [1.807, 2.05) is 48.5 Å². The number of aromatic hydroxyl groups is 2. The summed E-state index contributed by atoms with van der Waals surface area (Å²) in [5.74, 6) is -0.539. The van der Waals surface area contributed by atoms with Crippen molar-refractivity contribution in [1.82, 2.24) is 0 Å². The second-order valence-corrected chi connectivity index (χ2v) is 22.8. The van der Waals surface area contributed by atoms with Crippen LogP contribution in [0.3, 0.4) is 0 Å². The van der Waals surface area contributed by atoms with Crippen LogP contribution >= 0.6 is 0 Å². The molecule has 0 amide bonds. The molecule has 356 valence electrons. The van der Waals surface area contributed by atoms with E-state index >= 15 is 0 Å². The highest BCUT2D eigenvalue weighted by Crippen LogP contribution is 2.44. The average molecular weight is 917 g/mol. The third kappa shape index (κ3) is 10.6. The minimum atomic E-state index is -0.651. The number of carbonyl (C=O) groups excluding carboxylic acids is 2. The van der Waals surface area contributed by atoms with Crippen LogP contribution in [-0.4, -0.2) is 22.2 Å². The van der Waals surface area contributed by atoms with Crippen LogP contribution in [0, 0.1) is 0 Å². The van der Waals surface area contributed by atoms with Gasteiger partial charge in [-0.15, -0.1) is 0 Å². The van der Waals surface area contributed by atoms with Crippen LogP contribution in [0.2, 0.25) is 0 Å². The van der Waals surface area contributed by atoms with Gasteiger partial charge in [0.15, 0.2) is 0 Å². The molecule has 6 aromatic rings. The van der Waals surface area contributed by atoms with Crippen molar-refractivity contribution in [2.45, 2.75) is 130 Å². The van der Waals surface area contributed by atoms with E-state index < -0.39 is 11.9 Å². The van der Waals surface area contributed by atoms with Gasteiger partial charge in [-0.25, -0.2) is 9.59 Å². The van der Waals surface area contributed by atoms with Gasteiger partial charge >= 0.3 is 11.9 Å². The number of esters is 2. The Labute approximate surface area is 401 Å². The van der Waals surface area contributed by atoms with Crippen molar-refractivity contribution in [3.8, 4) is 23.0 Å². The zero-order valence-corrected chi connectivity index (χ0v) is 41.7. The third-order valence-corrected chi connectivity index (χ3v) is 12.8. The van der Waals surface area contributed by atoms with Crippen LogP contribution in [0.15, 0.2) is 84.9 Å². The fourth-order valence-corrected chi connectivity index (χ4v) is 8.80. The maximum Gasteiger partial charge on any atom is 0.343 e. The number of hydrogen-bond donors (Lipinski definition) is 6. The molecule has 7 rings (SSSR count). The van der Waals surface area contributed by atoms with E-state index in [1.54, 1.807) is 12.1 Å². The zero-order valence-electron chi connectivity index (χ0n) is 41.7. The van der Waals surface area contributed by atoms with E-state index in [4.69, 9.17) is 32.4 Å². The number of fused-ring (bicyclic) bond motifs is 8. The highest BCUT2D eigenvalue weighted by molar-refractivity contribution is 5.94. The summed E-state index contributed by atoms with van der Waals surface area (Å²) < 4.78 is 13.0. The zero-order chi connectivity index (χ0) is 50.0. The summed E-state index contributed by atoms with van der Waals surface area (Å²) in [5.41, 5.74) is 33.9. The minimum absolute atomic E-state index is 0.0648. The Morgan fingerprint density at radius 2 is 0.574 bits per heavy atom. The van der Waals surface area contributed by atoms with Crippen LogP contribution in [-0.2, 0) is 47.3 Å². The lowest BCUT2D eigenvalue weighted by Crippen LogP contribution is -2.18. The van der Waals surface area contributed by atoms with Gasteiger partial charge in [0, 0.05) is 70.7 Å². The van der Waals surface area contributed by atoms with E-state index in [-0.39, 0.29) is 70.0 Å². The van der Waals surface area contributed by atoms with Crippen molar-refractivity contribution >= 4 is 34.7 Å². The molecule has 10 N–H and O–H groups in total. The molecule has 0 fully saturated rings. The van der Waals surface area contributed by atoms with Crippen molar-refractivity contribution in [2.24, 2.45) is 0 Å². The Kier molecular flexibility index (Phi) is 12.7. The largest absolute Gasteiger partial charge is 0.507 e. The van der Waals surface area contributed by atoms with Gasteiger partial charge in [-0.2, -0.15) is 0 Å². The smallest absolute Gasteiger partial charge is 0.343 e. The molecule has 0 heterocycles. The van der Waals surface area contributed by atoms with Gasteiger partial charge in [-0.05, 0) is 103 Å². The molecule has 0 saturated carbocycles. The highest BCUT2D eigenvalue weighted by atomic mass is 16.5. The van der Waals surface area contributed by atoms with Crippen molar-refractivity contribution in [1.29, 1.82) is 0 Å². The van der Waals surface area contributed by atoms with Gasteiger partial charge in [0.2, 0.25) is 0 Å². The first kappa shape index (κ1) is 49.0. The van der Waals surface area contributed by atoms with Gasteiger partial charge in [0.05, 0.1) is 11.1 Å². The van der Waals surface area contributed by atoms with Crippen molar-refractivity contribution in [2.75, 3.05) is 22.9 Å². The molecule has 0 aliphatic heterocycles. The number of phenolic OH excluding ortho intramolecular Hbond substituents is 2. The summed E-state index contributed by atoms with van der Waals surface area (Å²) in [6, 6.07) is 25.5. The average Bonchev–Trinajstić information content (AvgIpc) is 3.19. The molecule has 8 bridgehead atoms.